The Labute approximate surface area is 137 Å². The lowest BCUT2D eigenvalue weighted by molar-refractivity contribution is 0.413. The quantitative estimate of drug-likeness (QED) is 0.765. The first-order valence-corrected chi connectivity index (χ1v) is 7.07. The molecule has 0 fully saturated rings. The van der Waals surface area contributed by atoms with E-state index in [2.05, 4.69) is 26.3 Å². The molecule has 118 valence electrons. The summed E-state index contributed by atoms with van der Waals surface area (Å²) in [5.41, 5.74) is 2.21. The molecule has 0 spiro atoms. The summed E-state index contributed by atoms with van der Waals surface area (Å²) in [5.74, 6) is 0.865. The fraction of sp³-hybridized carbons (Fsp3) is 0.0588. The Hall–Kier alpha value is -3.66. The van der Waals surface area contributed by atoms with Crippen molar-refractivity contribution >= 4 is 11.6 Å². The molecule has 0 aliphatic carbocycles. The van der Waals surface area contributed by atoms with Crippen LogP contribution < -0.4 is 15.6 Å². The Morgan fingerprint density at radius 1 is 1.25 bits per heavy atom. The maximum Gasteiger partial charge on any atom is 0.249 e. The molecule has 0 aliphatic heterocycles. The highest BCUT2D eigenvalue weighted by molar-refractivity contribution is 5.65. The van der Waals surface area contributed by atoms with Gasteiger partial charge >= 0.3 is 0 Å². The second-order valence-corrected chi connectivity index (χ2v) is 4.86. The zero-order valence-corrected chi connectivity index (χ0v) is 12.8. The number of aromatic amines is 1. The van der Waals surface area contributed by atoms with Crippen molar-refractivity contribution in [3.05, 3.63) is 64.7 Å². The molecule has 0 aliphatic rings. The first kappa shape index (κ1) is 15.2. The van der Waals surface area contributed by atoms with Gasteiger partial charge in [-0.05, 0) is 30.3 Å². The Kier molecular flexibility index (Phi) is 4.21. The summed E-state index contributed by atoms with van der Waals surface area (Å²) < 4.78 is 5.14. The van der Waals surface area contributed by atoms with Gasteiger partial charge in [-0.15, -0.1) is 0 Å². The number of pyridine rings is 1. The number of methoxy groups -OCH3 is 1. The second kappa shape index (κ2) is 6.62. The lowest BCUT2D eigenvalue weighted by atomic mass is 10.1. The lowest BCUT2D eigenvalue weighted by Gasteiger charge is -2.08. The molecule has 0 amide bonds. The molecule has 1 aromatic carbocycles. The normalized spacial score (nSPS) is 10.0. The van der Waals surface area contributed by atoms with Crippen LogP contribution in [0.25, 0.3) is 11.3 Å². The fourth-order valence-corrected chi connectivity index (χ4v) is 2.19. The summed E-state index contributed by atoms with van der Waals surface area (Å²) in [4.78, 5) is 22.4. The van der Waals surface area contributed by atoms with Crippen LogP contribution in [0.1, 0.15) is 5.56 Å². The van der Waals surface area contributed by atoms with E-state index in [4.69, 9.17) is 4.74 Å². The molecule has 3 rings (SSSR count). The van der Waals surface area contributed by atoms with Gasteiger partial charge in [-0.3, -0.25) is 4.79 Å². The predicted molar refractivity (Wildman–Crippen MR) is 89.1 cm³/mol. The van der Waals surface area contributed by atoms with E-state index in [1.165, 1.54) is 19.4 Å². The van der Waals surface area contributed by atoms with Crippen molar-refractivity contribution in [2.75, 3.05) is 12.4 Å². The number of hydrogen-bond donors (Lipinski definition) is 2. The minimum Gasteiger partial charge on any atom is -0.495 e. The molecule has 2 heterocycles. The predicted octanol–water partition coefficient (Wildman–Crippen LogP) is 2.46. The Balaban J connectivity index is 1.93. The van der Waals surface area contributed by atoms with E-state index in [9.17, 15) is 10.1 Å². The van der Waals surface area contributed by atoms with Gasteiger partial charge in [-0.25, -0.2) is 9.97 Å². The van der Waals surface area contributed by atoms with Crippen molar-refractivity contribution in [2.24, 2.45) is 0 Å². The van der Waals surface area contributed by atoms with Crippen LogP contribution in [-0.4, -0.2) is 22.1 Å². The molecule has 7 nitrogen and oxygen atoms in total. The van der Waals surface area contributed by atoms with Crippen LogP contribution in [0.4, 0.5) is 11.6 Å². The van der Waals surface area contributed by atoms with Gasteiger partial charge in [0.1, 0.15) is 11.8 Å². The van der Waals surface area contributed by atoms with Crippen LogP contribution >= 0.6 is 0 Å². The number of ether oxygens (including phenoxy) is 1. The molecular formula is C17H13N5O2. The Bertz CT molecular complexity index is 975. The smallest absolute Gasteiger partial charge is 0.249 e. The molecule has 0 saturated heterocycles. The number of aromatic nitrogens is 3. The zero-order valence-electron chi connectivity index (χ0n) is 12.8. The van der Waals surface area contributed by atoms with Crippen molar-refractivity contribution in [1.29, 1.82) is 5.26 Å². The molecule has 2 aromatic heterocycles. The summed E-state index contributed by atoms with van der Waals surface area (Å²) in [6.45, 7) is 0. The highest BCUT2D eigenvalue weighted by Gasteiger charge is 2.08. The summed E-state index contributed by atoms with van der Waals surface area (Å²) >= 11 is 0. The molecule has 7 heteroatoms. The van der Waals surface area contributed by atoms with Crippen molar-refractivity contribution < 1.29 is 4.74 Å². The number of benzene rings is 1. The molecule has 3 aromatic rings. The third-order valence-corrected chi connectivity index (χ3v) is 3.30. The van der Waals surface area contributed by atoms with E-state index in [1.807, 2.05) is 6.07 Å². The van der Waals surface area contributed by atoms with Gasteiger partial charge in [0.05, 0.1) is 18.4 Å². The van der Waals surface area contributed by atoms with Crippen molar-refractivity contribution in [2.45, 2.75) is 0 Å². The Morgan fingerprint density at radius 2 is 2.12 bits per heavy atom. The average molecular weight is 319 g/mol. The Morgan fingerprint density at radius 3 is 2.88 bits per heavy atom. The first-order chi connectivity index (χ1) is 11.7. The second-order valence-electron chi connectivity index (χ2n) is 4.86. The van der Waals surface area contributed by atoms with Gasteiger partial charge in [0, 0.05) is 29.7 Å². The van der Waals surface area contributed by atoms with E-state index in [-0.39, 0.29) is 5.56 Å². The monoisotopic (exact) mass is 319 g/mol. The summed E-state index contributed by atoms with van der Waals surface area (Å²) in [7, 11) is 1.52. The van der Waals surface area contributed by atoms with Gasteiger partial charge in [0.2, 0.25) is 11.5 Å². The van der Waals surface area contributed by atoms with Gasteiger partial charge in [-0.2, -0.15) is 5.26 Å². The van der Waals surface area contributed by atoms with Crippen molar-refractivity contribution in [3.8, 4) is 23.1 Å². The molecule has 0 radical (unpaired) electrons. The largest absolute Gasteiger partial charge is 0.495 e. The van der Waals surface area contributed by atoms with E-state index in [1.54, 1.807) is 30.5 Å². The summed E-state index contributed by atoms with van der Waals surface area (Å²) in [6, 6.07) is 12.2. The zero-order chi connectivity index (χ0) is 16.9. The molecular weight excluding hydrogens is 306 g/mol. The van der Waals surface area contributed by atoms with Crippen LogP contribution in [0.5, 0.6) is 5.75 Å². The average Bonchev–Trinajstić information content (AvgIpc) is 2.61. The number of anilines is 2. The summed E-state index contributed by atoms with van der Waals surface area (Å²) in [6.07, 6.45) is 3.14. The summed E-state index contributed by atoms with van der Waals surface area (Å²) in [5, 5.41) is 12.2. The highest BCUT2D eigenvalue weighted by atomic mass is 16.5. The third kappa shape index (κ3) is 3.23. The maximum atomic E-state index is 11.3. The van der Waals surface area contributed by atoms with Gasteiger partial charge in [0.25, 0.3) is 0 Å². The fourth-order valence-electron chi connectivity index (χ4n) is 2.19. The lowest BCUT2D eigenvalue weighted by Crippen LogP contribution is -2.05. The number of nitrogens with one attached hydrogen (secondary N) is 2. The van der Waals surface area contributed by atoms with Crippen LogP contribution in [0.2, 0.25) is 0 Å². The minimum absolute atomic E-state index is 0.218. The topological polar surface area (TPSA) is 104 Å². The van der Waals surface area contributed by atoms with E-state index >= 15 is 0 Å². The standard InChI is InChI=1S/C17H13N5O2/c1-24-15-3-2-11(8-12(15)10-18)14-5-7-20-17(22-14)21-13-4-6-19-16(23)9-13/h2-9H,1H3,(H2,19,20,21,22,23). The van der Waals surface area contributed by atoms with Crippen LogP contribution in [0.15, 0.2) is 53.6 Å². The van der Waals surface area contributed by atoms with Gasteiger partial charge in [0.15, 0.2) is 0 Å². The van der Waals surface area contributed by atoms with Crippen LogP contribution in [-0.2, 0) is 0 Å². The van der Waals surface area contributed by atoms with E-state index < -0.39 is 0 Å². The number of rotatable bonds is 4. The molecule has 2 N–H and O–H groups in total. The maximum absolute atomic E-state index is 11.3. The van der Waals surface area contributed by atoms with Gasteiger partial charge < -0.3 is 15.0 Å². The number of nitriles is 1. The van der Waals surface area contributed by atoms with Crippen LogP contribution in [0.3, 0.4) is 0 Å². The molecule has 0 saturated carbocycles. The number of H-pyrrole nitrogens is 1. The molecule has 0 bridgehead atoms. The molecule has 0 unspecified atom stereocenters. The van der Waals surface area contributed by atoms with Gasteiger partial charge in [-0.1, -0.05) is 0 Å². The molecule has 0 atom stereocenters. The third-order valence-electron chi connectivity index (χ3n) is 3.30. The van der Waals surface area contributed by atoms with Crippen LogP contribution in [0, 0.1) is 11.3 Å². The van der Waals surface area contributed by atoms with Crippen molar-refractivity contribution in [1.82, 2.24) is 15.0 Å². The number of hydrogen-bond acceptors (Lipinski definition) is 6. The number of nitrogens with zero attached hydrogens (tertiary/aromatic N) is 3. The SMILES string of the molecule is COc1ccc(-c2ccnc(Nc3cc[nH]c(=O)c3)n2)cc1C#N. The van der Waals surface area contributed by atoms with E-state index in [0.717, 1.165) is 5.56 Å². The van der Waals surface area contributed by atoms with Crippen molar-refractivity contribution in [3.63, 3.8) is 0 Å². The highest BCUT2D eigenvalue weighted by Crippen LogP contribution is 2.25. The van der Waals surface area contributed by atoms with E-state index in [0.29, 0.717) is 28.6 Å². The minimum atomic E-state index is -0.218. The molecule has 24 heavy (non-hydrogen) atoms. The first-order valence-electron chi connectivity index (χ1n) is 7.07.